The van der Waals surface area contributed by atoms with Crippen molar-refractivity contribution >= 4 is 40.1 Å². The highest BCUT2D eigenvalue weighted by Crippen LogP contribution is 2.16. The van der Waals surface area contributed by atoms with Crippen LogP contribution in [0, 0.1) is 3.57 Å². The molecule has 2 aromatic carbocycles. The van der Waals surface area contributed by atoms with Gasteiger partial charge in [-0.2, -0.15) is 0 Å². The Labute approximate surface area is 142 Å². The molecule has 0 saturated carbocycles. The highest BCUT2D eigenvalue weighted by atomic mass is 127. The average molecular weight is 416 g/mol. The van der Waals surface area contributed by atoms with Crippen LogP contribution in [0.25, 0.3) is 0 Å². The molecule has 0 spiro atoms. The van der Waals surface area contributed by atoms with Gasteiger partial charge in [0.05, 0.1) is 6.04 Å². The first kappa shape index (κ1) is 16.1. The van der Waals surface area contributed by atoms with Crippen molar-refractivity contribution in [1.82, 2.24) is 5.32 Å². The Morgan fingerprint density at radius 2 is 1.81 bits per heavy atom. The molecule has 0 fully saturated rings. The zero-order valence-corrected chi connectivity index (χ0v) is 14.4. The smallest absolute Gasteiger partial charge is 0.258 e. The number of amides is 1. The zero-order chi connectivity index (χ0) is 15.2. The van der Waals surface area contributed by atoms with Crippen molar-refractivity contribution in [3.63, 3.8) is 0 Å². The van der Waals surface area contributed by atoms with Crippen LogP contribution in [0.1, 0.15) is 18.5 Å². The number of ether oxygens (including phenoxy) is 1. The first-order valence-corrected chi connectivity index (χ1v) is 7.93. The van der Waals surface area contributed by atoms with Crippen LogP contribution in [0.15, 0.2) is 48.5 Å². The van der Waals surface area contributed by atoms with Gasteiger partial charge in [0.2, 0.25) is 0 Å². The van der Waals surface area contributed by atoms with Gasteiger partial charge in [0.15, 0.2) is 6.61 Å². The molecule has 0 bridgehead atoms. The lowest BCUT2D eigenvalue weighted by Crippen LogP contribution is -2.31. The van der Waals surface area contributed by atoms with Gasteiger partial charge in [-0.15, -0.1) is 0 Å². The molecule has 1 amide bonds. The van der Waals surface area contributed by atoms with Crippen LogP contribution < -0.4 is 10.1 Å². The van der Waals surface area contributed by atoms with Crippen molar-refractivity contribution in [2.24, 2.45) is 0 Å². The van der Waals surface area contributed by atoms with E-state index in [2.05, 4.69) is 27.9 Å². The minimum absolute atomic E-state index is 0.00147. The Morgan fingerprint density at radius 3 is 2.43 bits per heavy atom. The van der Waals surface area contributed by atoms with E-state index in [1.54, 1.807) is 0 Å². The average Bonchev–Trinajstić information content (AvgIpc) is 2.47. The van der Waals surface area contributed by atoms with Crippen molar-refractivity contribution in [2.75, 3.05) is 6.61 Å². The largest absolute Gasteiger partial charge is 0.484 e. The van der Waals surface area contributed by atoms with Gasteiger partial charge in [0, 0.05) is 8.59 Å². The quantitative estimate of drug-likeness (QED) is 0.743. The third-order valence-electron chi connectivity index (χ3n) is 2.93. The first-order chi connectivity index (χ1) is 10.0. The molecule has 2 aromatic rings. The number of hydrogen-bond donors (Lipinski definition) is 1. The molecule has 1 N–H and O–H groups in total. The van der Waals surface area contributed by atoms with E-state index in [4.69, 9.17) is 16.3 Å². The fourth-order valence-electron chi connectivity index (χ4n) is 1.80. The van der Waals surface area contributed by atoms with Crippen LogP contribution in [0.5, 0.6) is 5.75 Å². The lowest BCUT2D eigenvalue weighted by molar-refractivity contribution is -0.123. The van der Waals surface area contributed by atoms with Crippen molar-refractivity contribution in [2.45, 2.75) is 13.0 Å². The van der Waals surface area contributed by atoms with E-state index >= 15 is 0 Å². The zero-order valence-electron chi connectivity index (χ0n) is 11.5. The van der Waals surface area contributed by atoms with E-state index in [0.29, 0.717) is 10.8 Å². The predicted molar refractivity (Wildman–Crippen MR) is 92.7 cm³/mol. The van der Waals surface area contributed by atoms with E-state index in [1.165, 1.54) is 0 Å². The van der Waals surface area contributed by atoms with Crippen LogP contribution in [-0.4, -0.2) is 12.5 Å². The monoisotopic (exact) mass is 415 g/mol. The number of hydrogen-bond acceptors (Lipinski definition) is 2. The Morgan fingerprint density at radius 1 is 1.19 bits per heavy atom. The Balaban J connectivity index is 1.83. The maximum atomic E-state index is 11.9. The lowest BCUT2D eigenvalue weighted by atomic mass is 10.1. The van der Waals surface area contributed by atoms with E-state index in [-0.39, 0.29) is 18.6 Å². The van der Waals surface area contributed by atoms with Crippen LogP contribution in [0.4, 0.5) is 0 Å². The van der Waals surface area contributed by atoms with Crippen LogP contribution in [-0.2, 0) is 4.79 Å². The highest BCUT2D eigenvalue weighted by molar-refractivity contribution is 14.1. The minimum Gasteiger partial charge on any atom is -0.484 e. The number of carbonyl (C=O) groups is 1. The summed E-state index contributed by atoms with van der Waals surface area (Å²) in [6.45, 7) is 1.92. The summed E-state index contributed by atoms with van der Waals surface area (Å²) in [5.41, 5.74) is 1.00. The maximum Gasteiger partial charge on any atom is 0.258 e. The summed E-state index contributed by atoms with van der Waals surface area (Å²) in [6, 6.07) is 14.9. The third kappa shape index (κ3) is 5.21. The topological polar surface area (TPSA) is 38.3 Å². The molecule has 1 unspecified atom stereocenters. The van der Waals surface area contributed by atoms with E-state index in [9.17, 15) is 4.79 Å². The molecular formula is C16H15ClINO2. The molecule has 0 heterocycles. The number of nitrogens with one attached hydrogen (secondary N) is 1. The summed E-state index contributed by atoms with van der Waals surface area (Å²) >= 11 is 8.06. The van der Waals surface area contributed by atoms with E-state index in [0.717, 1.165) is 9.13 Å². The summed E-state index contributed by atoms with van der Waals surface area (Å²) in [5, 5.41) is 3.57. The van der Waals surface area contributed by atoms with Crippen molar-refractivity contribution in [1.29, 1.82) is 0 Å². The van der Waals surface area contributed by atoms with Gasteiger partial charge in [-0.25, -0.2) is 0 Å². The molecule has 1 atom stereocenters. The predicted octanol–water partition coefficient (Wildman–Crippen LogP) is 4.20. The fourth-order valence-corrected chi connectivity index (χ4v) is 2.28. The van der Waals surface area contributed by atoms with Gasteiger partial charge in [-0.3, -0.25) is 4.79 Å². The van der Waals surface area contributed by atoms with Crippen molar-refractivity contribution in [3.05, 3.63) is 62.7 Å². The molecule has 0 aromatic heterocycles. The Bertz CT molecular complexity index is 599. The SMILES string of the molecule is CC(NC(=O)COc1ccc(I)cc1)c1ccc(Cl)cc1. The number of rotatable bonds is 5. The van der Waals surface area contributed by atoms with Crippen LogP contribution in [0.2, 0.25) is 5.02 Å². The Kier molecular flexibility index (Phi) is 5.87. The van der Waals surface area contributed by atoms with Gasteiger partial charge in [0.25, 0.3) is 5.91 Å². The molecule has 0 aliphatic carbocycles. The van der Waals surface area contributed by atoms with Gasteiger partial charge in [0.1, 0.15) is 5.75 Å². The summed E-state index contributed by atoms with van der Waals surface area (Å²) in [4.78, 5) is 11.9. The summed E-state index contributed by atoms with van der Waals surface area (Å²) in [6.07, 6.45) is 0. The molecule has 2 rings (SSSR count). The second-order valence-corrected chi connectivity index (χ2v) is 6.27. The van der Waals surface area contributed by atoms with Gasteiger partial charge in [-0.1, -0.05) is 23.7 Å². The number of carbonyl (C=O) groups excluding carboxylic acids is 1. The molecule has 21 heavy (non-hydrogen) atoms. The maximum absolute atomic E-state index is 11.9. The lowest BCUT2D eigenvalue weighted by Gasteiger charge is -2.15. The second-order valence-electron chi connectivity index (χ2n) is 4.58. The number of halogens is 2. The highest BCUT2D eigenvalue weighted by Gasteiger charge is 2.10. The standard InChI is InChI=1S/C16H15ClINO2/c1-11(12-2-4-13(17)5-3-12)19-16(20)10-21-15-8-6-14(18)7-9-15/h2-9,11H,10H2,1H3,(H,19,20). The molecule has 0 radical (unpaired) electrons. The summed E-state index contributed by atoms with van der Waals surface area (Å²) < 4.78 is 6.57. The Hall–Kier alpha value is -1.27. The molecule has 5 heteroatoms. The van der Waals surface area contributed by atoms with E-state index < -0.39 is 0 Å². The van der Waals surface area contributed by atoms with Gasteiger partial charge < -0.3 is 10.1 Å². The molecule has 3 nitrogen and oxygen atoms in total. The van der Waals surface area contributed by atoms with E-state index in [1.807, 2.05) is 55.5 Å². The molecule has 110 valence electrons. The molecule has 0 aliphatic rings. The fraction of sp³-hybridized carbons (Fsp3) is 0.188. The first-order valence-electron chi connectivity index (χ1n) is 6.48. The minimum atomic E-state index is -0.156. The van der Waals surface area contributed by atoms with Crippen LogP contribution >= 0.6 is 34.2 Å². The molecular weight excluding hydrogens is 401 g/mol. The number of benzene rings is 2. The normalized spacial score (nSPS) is 11.8. The molecule has 0 saturated heterocycles. The van der Waals surface area contributed by atoms with Crippen molar-refractivity contribution in [3.8, 4) is 5.75 Å². The van der Waals surface area contributed by atoms with Gasteiger partial charge in [-0.05, 0) is 71.5 Å². The van der Waals surface area contributed by atoms with Crippen LogP contribution in [0.3, 0.4) is 0 Å². The summed E-state index contributed by atoms with van der Waals surface area (Å²) in [7, 11) is 0. The second kappa shape index (κ2) is 7.66. The summed E-state index contributed by atoms with van der Waals surface area (Å²) in [5.74, 6) is 0.528. The molecule has 0 aliphatic heterocycles. The van der Waals surface area contributed by atoms with Gasteiger partial charge >= 0.3 is 0 Å². The third-order valence-corrected chi connectivity index (χ3v) is 3.90. The van der Waals surface area contributed by atoms with Crippen molar-refractivity contribution < 1.29 is 9.53 Å².